The molecule has 1 fully saturated rings. The molecule has 4 aromatic rings. The molecule has 1 aliphatic rings. The van der Waals surface area contributed by atoms with Gasteiger partial charge >= 0.3 is 0 Å². The highest BCUT2D eigenvalue weighted by molar-refractivity contribution is 6.30. The topological polar surface area (TPSA) is 95.5 Å². The zero-order valence-electron chi connectivity index (χ0n) is 18.9. The third kappa shape index (κ3) is 3.99. The highest BCUT2D eigenvalue weighted by Gasteiger charge is 2.37. The van der Waals surface area contributed by atoms with Crippen molar-refractivity contribution < 1.29 is 18.8 Å². The maximum absolute atomic E-state index is 13.1. The molecule has 3 heterocycles. The number of halogens is 1. The average Bonchev–Trinajstić information content (AvgIpc) is 3.45. The molecule has 0 atom stereocenters. The van der Waals surface area contributed by atoms with Crippen LogP contribution in [0.2, 0.25) is 5.02 Å². The molecule has 34 heavy (non-hydrogen) atoms. The van der Waals surface area contributed by atoms with E-state index in [0.717, 1.165) is 11.1 Å². The fourth-order valence-electron chi connectivity index (χ4n) is 3.92. The number of aryl methyl sites for hydroxylation is 1. The van der Waals surface area contributed by atoms with Gasteiger partial charge in [-0.1, -0.05) is 28.9 Å². The quantitative estimate of drug-likeness (QED) is 0.411. The Bertz CT molecular complexity index is 1360. The number of likely N-dealkylation sites (tertiary alicyclic amines) is 1. The summed E-state index contributed by atoms with van der Waals surface area (Å²) >= 11 is 6.05. The summed E-state index contributed by atoms with van der Waals surface area (Å²) in [5, 5.41) is 9.19. The number of amides is 1. The molecule has 1 amide bonds. The molecule has 0 unspecified atom stereocenters. The van der Waals surface area contributed by atoms with E-state index in [-0.39, 0.29) is 11.8 Å². The summed E-state index contributed by atoms with van der Waals surface area (Å²) in [6.45, 7) is 0.970. The molecule has 1 aliphatic heterocycles. The van der Waals surface area contributed by atoms with Gasteiger partial charge in [-0.25, -0.2) is 0 Å². The Kier molecular flexibility index (Phi) is 5.70. The van der Waals surface area contributed by atoms with Crippen LogP contribution in [0.25, 0.3) is 22.6 Å². The number of aromatic nitrogens is 4. The lowest BCUT2D eigenvalue weighted by Crippen LogP contribution is -2.49. The summed E-state index contributed by atoms with van der Waals surface area (Å²) < 4.78 is 17.8. The first kappa shape index (κ1) is 22.0. The first-order valence-electron chi connectivity index (χ1n) is 10.6. The number of carbonyl (C=O) groups is 1. The molecule has 10 heteroatoms. The van der Waals surface area contributed by atoms with Crippen LogP contribution < -0.4 is 9.47 Å². The Morgan fingerprint density at radius 3 is 2.68 bits per heavy atom. The van der Waals surface area contributed by atoms with Crippen molar-refractivity contribution in [3.8, 4) is 34.1 Å². The van der Waals surface area contributed by atoms with Crippen LogP contribution >= 0.6 is 11.6 Å². The van der Waals surface area contributed by atoms with E-state index in [9.17, 15) is 4.79 Å². The Labute approximate surface area is 200 Å². The van der Waals surface area contributed by atoms with Gasteiger partial charge in [0.25, 0.3) is 5.91 Å². The summed E-state index contributed by atoms with van der Waals surface area (Å²) in [6.07, 6.45) is 0. The molecular weight excluding hydrogens is 458 g/mol. The van der Waals surface area contributed by atoms with E-state index in [0.29, 0.717) is 52.7 Å². The van der Waals surface area contributed by atoms with E-state index in [4.69, 9.17) is 25.6 Å². The second-order valence-corrected chi connectivity index (χ2v) is 8.41. The Morgan fingerprint density at radius 1 is 1.12 bits per heavy atom. The largest absolute Gasteiger partial charge is 0.497 e. The third-order valence-corrected chi connectivity index (χ3v) is 6.06. The summed E-state index contributed by atoms with van der Waals surface area (Å²) in [4.78, 5) is 19.4. The zero-order valence-corrected chi connectivity index (χ0v) is 19.6. The van der Waals surface area contributed by atoms with Crippen molar-refractivity contribution in [2.24, 2.45) is 7.05 Å². The number of rotatable bonds is 6. The fraction of sp³-hybridized carbons (Fsp3) is 0.250. The standard InChI is InChI=1S/C24H22ClN5O4/c1-29-20(11-19(27-29)18-10-17(32-2)7-8-21(18)33-3)24(31)30-12-15(13-30)23-26-22(28-34-23)14-5-4-6-16(25)9-14/h4-11,15H,12-13H2,1-3H3. The first-order valence-corrected chi connectivity index (χ1v) is 11.0. The molecule has 0 saturated carbocycles. The van der Waals surface area contributed by atoms with E-state index in [1.54, 1.807) is 49.0 Å². The molecule has 0 spiro atoms. The normalized spacial score (nSPS) is 13.6. The highest BCUT2D eigenvalue weighted by Crippen LogP contribution is 2.34. The van der Waals surface area contributed by atoms with Gasteiger partial charge in [0.2, 0.25) is 11.7 Å². The van der Waals surface area contributed by atoms with Crippen molar-refractivity contribution in [2.45, 2.75) is 5.92 Å². The maximum atomic E-state index is 13.1. The molecular formula is C24H22ClN5O4. The molecule has 0 bridgehead atoms. The lowest BCUT2D eigenvalue weighted by atomic mass is 9.99. The van der Waals surface area contributed by atoms with Gasteiger partial charge in [0.05, 0.1) is 25.8 Å². The van der Waals surface area contributed by atoms with Gasteiger partial charge in [-0.05, 0) is 36.4 Å². The minimum Gasteiger partial charge on any atom is -0.497 e. The number of carbonyl (C=O) groups excluding carboxylic acids is 1. The Balaban J connectivity index is 1.30. The Hall–Kier alpha value is -3.85. The second-order valence-electron chi connectivity index (χ2n) is 7.98. The zero-order chi connectivity index (χ0) is 23.8. The summed E-state index contributed by atoms with van der Waals surface area (Å²) in [5.41, 5.74) is 2.63. The van der Waals surface area contributed by atoms with E-state index in [1.807, 2.05) is 30.3 Å². The average molecular weight is 480 g/mol. The van der Waals surface area contributed by atoms with Crippen molar-refractivity contribution in [2.75, 3.05) is 27.3 Å². The molecule has 2 aromatic carbocycles. The smallest absolute Gasteiger partial charge is 0.272 e. The van der Waals surface area contributed by atoms with Crippen LogP contribution in [0.3, 0.4) is 0 Å². The van der Waals surface area contributed by atoms with Crippen molar-refractivity contribution in [3.05, 3.63) is 65.1 Å². The van der Waals surface area contributed by atoms with Crippen LogP contribution in [0.15, 0.2) is 53.1 Å². The number of ether oxygens (including phenoxy) is 2. The van der Waals surface area contributed by atoms with Crippen LogP contribution in [0.1, 0.15) is 22.3 Å². The van der Waals surface area contributed by atoms with Gasteiger partial charge in [-0.15, -0.1) is 0 Å². The molecule has 1 saturated heterocycles. The SMILES string of the molecule is COc1ccc(OC)c(-c2cc(C(=O)N3CC(c4nc(-c5cccc(Cl)c5)no4)C3)n(C)n2)c1. The van der Waals surface area contributed by atoms with Crippen LogP contribution in [0, 0.1) is 0 Å². The number of hydrogen-bond acceptors (Lipinski definition) is 7. The van der Waals surface area contributed by atoms with Crippen LogP contribution in [0.5, 0.6) is 11.5 Å². The van der Waals surface area contributed by atoms with Crippen LogP contribution in [-0.4, -0.2) is 58.0 Å². The molecule has 2 aromatic heterocycles. The van der Waals surface area contributed by atoms with E-state index in [2.05, 4.69) is 15.2 Å². The van der Waals surface area contributed by atoms with E-state index in [1.165, 1.54) is 0 Å². The number of benzene rings is 2. The van der Waals surface area contributed by atoms with Gasteiger partial charge in [-0.2, -0.15) is 10.1 Å². The first-order chi connectivity index (χ1) is 16.5. The molecule has 9 nitrogen and oxygen atoms in total. The fourth-order valence-corrected chi connectivity index (χ4v) is 4.11. The van der Waals surface area contributed by atoms with Gasteiger partial charge in [0.1, 0.15) is 17.2 Å². The molecule has 5 rings (SSSR count). The number of hydrogen-bond donors (Lipinski definition) is 0. The second kappa shape index (κ2) is 8.83. The van der Waals surface area contributed by atoms with Crippen molar-refractivity contribution in [1.82, 2.24) is 24.8 Å². The van der Waals surface area contributed by atoms with Gasteiger partial charge in [-0.3, -0.25) is 9.48 Å². The summed E-state index contributed by atoms with van der Waals surface area (Å²) in [5.74, 6) is 2.17. The van der Waals surface area contributed by atoms with Crippen molar-refractivity contribution >= 4 is 17.5 Å². The van der Waals surface area contributed by atoms with Gasteiger partial charge in [0.15, 0.2) is 0 Å². The van der Waals surface area contributed by atoms with Crippen molar-refractivity contribution in [3.63, 3.8) is 0 Å². The predicted octanol–water partition coefficient (Wildman–Crippen LogP) is 4.05. The summed E-state index contributed by atoms with van der Waals surface area (Å²) in [6, 6.07) is 14.5. The van der Waals surface area contributed by atoms with Gasteiger partial charge < -0.3 is 18.9 Å². The van der Waals surface area contributed by atoms with Crippen LogP contribution in [0.4, 0.5) is 0 Å². The van der Waals surface area contributed by atoms with Crippen molar-refractivity contribution in [1.29, 1.82) is 0 Å². The lowest BCUT2D eigenvalue weighted by molar-refractivity contribution is 0.0558. The predicted molar refractivity (Wildman–Crippen MR) is 125 cm³/mol. The minimum absolute atomic E-state index is 0.0180. The van der Waals surface area contributed by atoms with E-state index >= 15 is 0 Å². The molecule has 174 valence electrons. The number of methoxy groups -OCH3 is 2. The highest BCUT2D eigenvalue weighted by atomic mass is 35.5. The van der Waals surface area contributed by atoms with Gasteiger partial charge in [0, 0.05) is 36.3 Å². The minimum atomic E-state index is -0.117. The van der Waals surface area contributed by atoms with E-state index < -0.39 is 0 Å². The third-order valence-electron chi connectivity index (χ3n) is 5.82. The molecule has 0 N–H and O–H groups in total. The summed E-state index contributed by atoms with van der Waals surface area (Å²) in [7, 11) is 4.94. The van der Waals surface area contributed by atoms with Crippen LogP contribution in [-0.2, 0) is 7.05 Å². The monoisotopic (exact) mass is 479 g/mol. The molecule has 0 radical (unpaired) electrons. The Morgan fingerprint density at radius 2 is 1.94 bits per heavy atom. The maximum Gasteiger partial charge on any atom is 0.272 e. The number of nitrogens with zero attached hydrogens (tertiary/aromatic N) is 5. The lowest BCUT2D eigenvalue weighted by Gasteiger charge is -2.36. The molecule has 0 aliphatic carbocycles.